The van der Waals surface area contributed by atoms with Gasteiger partial charge in [-0.3, -0.25) is 4.79 Å². The van der Waals surface area contributed by atoms with Crippen molar-refractivity contribution < 1.29 is 27.1 Å². The Balaban J connectivity index is 1.11. The summed E-state index contributed by atoms with van der Waals surface area (Å²) in [5.41, 5.74) is 3.83. The number of methoxy groups -OCH3 is 1. The fraction of sp³-hybridized carbons (Fsp3) is 0.844. The van der Waals surface area contributed by atoms with E-state index < -0.39 is 27.9 Å². The van der Waals surface area contributed by atoms with Gasteiger partial charge in [0.1, 0.15) is 12.1 Å². The monoisotopic (exact) mass is 771 g/mol. The molecule has 5 fully saturated rings. The van der Waals surface area contributed by atoms with E-state index >= 15 is 0 Å². The second kappa shape index (κ2) is 14.4. The lowest BCUT2D eigenvalue weighted by molar-refractivity contribution is -0.221. The zero-order valence-corrected chi connectivity index (χ0v) is 35.5. The number of hydrogen-bond donors (Lipinski definition) is 1. The van der Waals surface area contributed by atoms with Gasteiger partial charge in [0.15, 0.2) is 16.6 Å². The maximum atomic E-state index is 14.4. The first-order chi connectivity index (χ1) is 25.4. The Hall–Kier alpha value is -1.55. The molecule has 0 aromatic heterocycles. The highest BCUT2D eigenvalue weighted by molar-refractivity contribution is 7.91. The summed E-state index contributed by atoms with van der Waals surface area (Å²) in [5, 5.41) is 4.21. The number of nitrogens with zero attached hydrogens (tertiary/aromatic N) is 1. The van der Waals surface area contributed by atoms with Crippen LogP contribution in [0.25, 0.3) is 0 Å². The third-order valence-corrected chi connectivity index (χ3v) is 19.6. The van der Waals surface area contributed by atoms with E-state index in [1.54, 1.807) is 0 Å². The van der Waals surface area contributed by atoms with Gasteiger partial charge in [-0.15, -0.1) is 0 Å². The van der Waals surface area contributed by atoms with Crippen molar-refractivity contribution in [3.8, 4) is 0 Å². The Morgan fingerprint density at radius 1 is 0.944 bits per heavy atom. The van der Waals surface area contributed by atoms with Crippen molar-refractivity contribution in [1.82, 2.24) is 10.2 Å². The number of carbonyl (C=O) groups excluding carboxylic acids is 1. The van der Waals surface area contributed by atoms with Crippen molar-refractivity contribution in [3.05, 3.63) is 35.5 Å². The molecule has 1 saturated heterocycles. The smallest absolute Gasteiger partial charge is 0.317 e. The second-order valence-electron chi connectivity index (χ2n) is 20.5. The Labute approximate surface area is 326 Å². The average molecular weight is 771 g/mol. The quantitative estimate of drug-likeness (QED) is 0.136. The fourth-order valence-corrected chi connectivity index (χ4v) is 16.1. The number of fused-ring (bicyclic) bond motifs is 7. The van der Waals surface area contributed by atoms with Crippen LogP contribution in [-0.2, 0) is 24.1 Å². The number of rotatable bonds is 10. The molecule has 4 saturated carbocycles. The minimum absolute atomic E-state index is 0.00905. The average Bonchev–Trinajstić information content (AvgIpc) is 3.51. The zero-order chi connectivity index (χ0) is 39.0. The predicted molar refractivity (Wildman–Crippen MR) is 214 cm³/mol. The molecule has 0 aromatic rings. The van der Waals surface area contributed by atoms with E-state index in [1.165, 1.54) is 75.2 Å². The van der Waals surface area contributed by atoms with E-state index in [-0.39, 0.29) is 34.0 Å². The molecule has 10 atom stereocenters. The fourth-order valence-electron chi connectivity index (χ4n) is 14.8. The van der Waals surface area contributed by atoms with Crippen LogP contribution in [-0.4, -0.2) is 83.1 Å². The topological polar surface area (TPSA) is 84.9 Å². The molecular formula is C45H71FN2O5S. The first-order valence-corrected chi connectivity index (χ1v) is 23.2. The number of esters is 1. The molecule has 1 aliphatic heterocycles. The summed E-state index contributed by atoms with van der Waals surface area (Å²) in [7, 11) is -1.39. The summed E-state index contributed by atoms with van der Waals surface area (Å²) < 4.78 is 48.7. The van der Waals surface area contributed by atoms with Crippen LogP contribution in [0.2, 0.25) is 0 Å². The molecule has 0 unspecified atom stereocenters. The van der Waals surface area contributed by atoms with Gasteiger partial charge in [-0.2, -0.15) is 0 Å². The summed E-state index contributed by atoms with van der Waals surface area (Å²) in [6.07, 6.45) is 17.3. The van der Waals surface area contributed by atoms with Gasteiger partial charge >= 0.3 is 5.97 Å². The Kier molecular flexibility index (Phi) is 10.8. The lowest BCUT2D eigenvalue weighted by atomic mass is 9.33. The molecule has 0 amide bonds. The van der Waals surface area contributed by atoms with E-state index in [2.05, 4.69) is 70.5 Å². The minimum atomic E-state index is -2.87. The Morgan fingerprint density at radius 2 is 1.69 bits per heavy atom. The van der Waals surface area contributed by atoms with E-state index in [1.807, 2.05) is 0 Å². The minimum Gasteiger partial charge on any atom is -0.438 e. The molecule has 0 aromatic carbocycles. The van der Waals surface area contributed by atoms with Crippen LogP contribution < -0.4 is 5.32 Å². The number of ether oxygens (including phenoxy) is 2. The van der Waals surface area contributed by atoms with Crippen molar-refractivity contribution in [2.24, 2.45) is 56.7 Å². The van der Waals surface area contributed by atoms with Crippen molar-refractivity contribution in [2.45, 2.75) is 124 Å². The van der Waals surface area contributed by atoms with Gasteiger partial charge < -0.3 is 19.7 Å². The van der Waals surface area contributed by atoms with Crippen LogP contribution >= 0.6 is 0 Å². The highest BCUT2D eigenvalue weighted by atomic mass is 32.2. The Bertz CT molecular complexity index is 1640. The summed E-state index contributed by atoms with van der Waals surface area (Å²) >= 11 is 0. The number of halogens is 1. The lowest BCUT2D eigenvalue weighted by Gasteiger charge is -2.72. The van der Waals surface area contributed by atoms with Crippen LogP contribution in [0.3, 0.4) is 0 Å². The molecule has 1 heterocycles. The van der Waals surface area contributed by atoms with E-state index in [0.717, 1.165) is 19.5 Å². The van der Waals surface area contributed by atoms with E-state index in [9.17, 15) is 17.6 Å². The summed E-state index contributed by atoms with van der Waals surface area (Å²) in [6, 6.07) is 0. The van der Waals surface area contributed by atoms with E-state index in [0.29, 0.717) is 73.4 Å². The molecule has 0 radical (unpaired) electrons. The van der Waals surface area contributed by atoms with Gasteiger partial charge in [0.25, 0.3) is 0 Å². The molecule has 6 aliphatic carbocycles. The van der Waals surface area contributed by atoms with Gasteiger partial charge in [0, 0.05) is 38.8 Å². The van der Waals surface area contributed by atoms with Crippen LogP contribution in [0.1, 0.15) is 119 Å². The van der Waals surface area contributed by atoms with Crippen molar-refractivity contribution in [3.63, 3.8) is 0 Å². The standard InChI is InChI=1S/C45H71FN2O5S/c1-31(2)33-13-20-45(47-23-24-48-25-27-54(50,51)28-26-48)22-21-42(6)35(38(33)45)9-10-37-41(5)16-14-34(40(3,4)36(41)15-17-43(37,42)7)32-11-18-44(29-46,19-12-32)39(49)53-30-52-8/h11,14,33,35-38,47H,1,9-10,12-13,15-30H2,2-8H3/t33-,35+,36-,37+,38+,41-,42+,43+,44+,45-/m0/s1. The molecule has 7 aliphatic rings. The number of hydrogen-bond acceptors (Lipinski definition) is 7. The summed E-state index contributed by atoms with van der Waals surface area (Å²) in [6.45, 7) is 22.2. The van der Waals surface area contributed by atoms with Gasteiger partial charge in [0.05, 0.1) is 11.5 Å². The van der Waals surface area contributed by atoms with Gasteiger partial charge in [-0.1, -0.05) is 58.9 Å². The Morgan fingerprint density at radius 3 is 2.33 bits per heavy atom. The highest BCUT2D eigenvalue weighted by Gasteiger charge is 2.70. The normalized spacial score (nSPS) is 44.1. The number of nitrogens with one attached hydrogen (secondary N) is 1. The van der Waals surface area contributed by atoms with Crippen molar-refractivity contribution in [1.29, 1.82) is 0 Å². The summed E-state index contributed by atoms with van der Waals surface area (Å²) in [4.78, 5) is 15.2. The number of allylic oxidation sites excluding steroid dienone is 5. The lowest BCUT2D eigenvalue weighted by Crippen LogP contribution is -2.68. The maximum Gasteiger partial charge on any atom is 0.317 e. The molecule has 7 nitrogen and oxygen atoms in total. The summed E-state index contributed by atoms with van der Waals surface area (Å²) in [5.74, 6) is 3.11. The van der Waals surface area contributed by atoms with Gasteiger partial charge in [-0.05, 0) is 146 Å². The molecule has 54 heavy (non-hydrogen) atoms. The van der Waals surface area contributed by atoms with Crippen molar-refractivity contribution >= 4 is 15.8 Å². The van der Waals surface area contributed by atoms with Crippen LogP contribution in [0.5, 0.6) is 0 Å². The van der Waals surface area contributed by atoms with Gasteiger partial charge in [0.2, 0.25) is 0 Å². The predicted octanol–water partition coefficient (Wildman–Crippen LogP) is 8.47. The van der Waals surface area contributed by atoms with Crippen LogP contribution in [0.15, 0.2) is 35.5 Å². The number of sulfone groups is 1. The number of alkyl halides is 1. The highest BCUT2D eigenvalue weighted by Crippen LogP contribution is 2.76. The SMILES string of the molecule is C=C(C)[C@@H]1CC[C@]2(NCCN3CCS(=O)(=O)CC3)CC[C@]3(C)[C@H](CC[C@@H]4[C@@]5(C)CC=C(C6=CC[C@@](CF)(C(=O)OCOC)CC6)C(C)(C)[C@@H]5CC[C@]43C)[C@@H]12. The van der Waals surface area contributed by atoms with Gasteiger partial charge in [-0.25, -0.2) is 12.8 Å². The first kappa shape index (κ1) is 40.6. The van der Waals surface area contributed by atoms with Crippen LogP contribution in [0.4, 0.5) is 4.39 Å². The van der Waals surface area contributed by atoms with Crippen molar-refractivity contribution in [2.75, 3.05) is 58.3 Å². The second-order valence-corrected chi connectivity index (χ2v) is 22.8. The molecule has 0 bridgehead atoms. The molecule has 0 spiro atoms. The van der Waals surface area contributed by atoms with Crippen LogP contribution in [0, 0.1) is 56.7 Å². The molecule has 9 heteroatoms. The number of carbonyl (C=O) groups is 1. The largest absolute Gasteiger partial charge is 0.438 e. The molecule has 1 N–H and O–H groups in total. The van der Waals surface area contributed by atoms with E-state index in [4.69, 9.17) is 9.47 Å². The maximum absolute atomic E-state index is 14.4. The third kappa shape index (κ3) is 6.34. The molecular weight excluding hydrogens is 700 g/mol. The molecule has 7 rings (SSSR count). The zero-order valence-electron chi connectivity index (χ0n) is 34.7. The molecule has 304 valence electrons. The first-order valence-electron chi connectivity index (χ1n) is 21.4. The third-order valence-electron chi connectivity index (χ3n) is 17.9.